The Kier molecular flexibility index (Phi) is 4.08. The van der Waals surface area contributed by atoms with Crippen molar-refractivity contribution in [2.24, 2.45) is 0 Å². The Morgan fingerprint density at radius 2 is 2.27 bits per heavy atom. The molecule has 0 amide bonds. The summed E-state index contributed by atoms with van der Waals surface area (Å²) in [5, 5.41) is 13.8. The van der Waals surface area contributed by atoms with Gasteiger partial charge in [-0.3, -0.25) is 4.90 Å². The van der Waals surface area contributed by atoms with Crippen LogP contribution in [0.5, 0.6) is 0 Å². The third-order valence-electron chi connectivity index (χ3n) is 3.81. The SMILES string of the molecule is CN(C)c1noc(CN2C[C@H](O)C[C@@H]2c2cccc(F)c2)n1. The van der Waals surface area contributed by atoms with E-state index < -0.39 is 6.10 Å². The zero-order valence-electron chi connectivity index (χ0n) is 12.6. The van der Waals surface area contributed by atoms with Crippen LogP contribution >= 0.6 is 0 Å². The van der Waals surface area contributed by atoms with E-state index in [0.717, 1.165) is 5.56 Å². The number of halogens is 1. The van der Waals surface area contributed by atoms with E-state index in [4.69, 9.17) is 4.52 Å². The molecule has 7 heteroatoms. The summed E-state index contributed by atoms with van der Waals surface area (Å²) in [6.45, 7) is 0.930. The Balaban J connectivity index is 1.78. The van der Waals surface area contributed by atoms with Gasteiger partial charge in [0.25, 0.3) is 5.95 Å². The average Bonchev–Trinajstić information content (AvgIpc) is 3.06. The van der Waals surface area contributed by atoms with E-state index in [-0.39, 0.29) is 11.9 Å². The maximum atomic E-state index is 13.4. The van der Waals surface area contributed by atoms with Crippen LogP contribution in [0.4, 0.5) is 10.3 Å². The van der Waals surface area contributed by atoms with Crippen LogP contribution in [0.15, 0.2) is 28.8 Å². The number of benzene rings is 1. The summed E-state index contributed by atoms with van der Waals surface area (Å²) in [6, 6.07) is 6.43. The highest BCUT2D eigenvalue weighted by Crippen LogP contribution is 2.33. The van der Waals surface area contributed by atoms with Crippen molar-refractivity contribution in [3.05, 3.63) is 41.5 Å². The molecule has 0 saturated carbocycles. The van der Waals surface area contributed by atoms with Gasteiger partial charge in [0, 0.05) is 26.7 Å². The number of hydrogen-bond acceptors (Lipinski definition) is 6. The van der Waals surface area contributed by atoms with Gasteiger partial charge in [-0.05, 0) is 29.3 Å². The van der Waals surface area contributed by atoms with Gasteiger partial charge in [-0.1, -0.05) is 12.1 Å². The lowest BCUT2D eigenvalue weighted by Crippen LogP contribution is -2.24. The lowest BCUT2D eigenvalue weighted by molar-refractivity contribution is 0.164. The molecule has 0 aliphatic carbocycles. The van der Waals surface area contributed by atoms with Gasteiger partial charge in [0.2, 0.25) is 5.89 Å². The summed E-state index contributed by atoms with van der Waals surface area (Å²) in [4.78, 5) is 8.09. The van der Waals surface area contributed by atoms with E-state index in [2.05, 4.69) is 10.1 Å². The van der Waals surface area contributed by atoms with Crippen molar-refractivity contribution in [3.8, 4) is 0 Å². The van der Waals surface area contributed by atoms with Gasteiger partial charge < -0.3 is 14.5 Å². The van der Waals surface area contributed by atoms with Crippen LogP contribution in [0.2, 0.25) is 0 Å². The van der Waals surface area contributed by atoms with Crippen molar-refractivity contribution in [1.29, 1.82) is 0 Å². The molecule has 1 saturated heterocycles. The number of anilines is 1. The highest BCUT2D eigenvalue weighted by atomic mass is 19.1. The van der Waals surface area contributed by atoms with E-state index in [1.165, 1.54) is 12.1 Å². The lowest BCUT2D eigenvalue weighted by Gasteiger charge is -2.22. The van der Waals surface area contributed by atoms with Crippen molar-refractivity contribution >= 4 is 5.95 Å². The van der Waals surface area contributed by atoms with Crippen LogP contribution < -0.4 is 4.90 Å². The van der Waals surface area contributed by atoms with Gasteiger partial charge in [0.05, 0.1) is 12.6 Å². The molecule has 0 spiro atoms. The summed E-state index contributed by atoms with van der Waals surface area (Å²) in [5.74, 6) is 0.725. The highest BCUT2D eigenvalue weighted by molar-refractivity contribution is 5.24. The maximum absolute atomic E-state index is 13.4. The zero-order valence-corrected chi connectivity index (χ0v) is 12.6. The maximum Gasteiger partial charge on any atom is 0.265 e. The Morgan fingerprint density at radius 1 is 1.45 bits per heavy atom. The Hall–Kier alpha value is -1.99. The Morgan fingerprint density at radius 3 is 2.95 bits per heavy atom. The van der Waals surface area contributed by atoms with Crippen molar-refractivity contribution in [2.45, 2.75) is 25.1 Å². The van der Waals surface area contributed by atoms with Crippen LogP contribution in [-0.2, 0) is 6.54 Å². The molecular weight excluding hydrogens is 287 g/mol. The first kappa shape index (κ1) is 14.9. The smallest absolute Gasteiger partial charge is 0.265 e. The molecule has 2 aromatic rings. The van der Waals surface area contributed by atoms with Crippen molar-refractivity contribution < 1.29 is 14.0 Å². The second-order valence-corrected chi connectivity index (χ2v) is 5.77. The molecule has 6 nitrogen and oxygen atoms in total. The summed E-state index contributed by atoms with van der Waals surface area (Å²) in [7, 11) is 3.67. The number of rotatable bonds is 4. The molecule has 3 rings (SSSR count). The van der Waals surface area contributed by atoms with Crippen LogP contribution in [0, 0.1) is 5.82 Å². The molecular formula is C15H19FN4O2. The number of hydrogen-bond donors (Lipinski definition) is 1. The second-order valence-electron chi connectivity index (χ2n) is 5.77. The number of aromatic nitrogens is 2. The number of aliphatic hydroxyl groups is 1. The molecule has 22 heavy (non-hydrogen) atoms. The fraction of sp³-hybridized carbons (Fsp3) is 0.467. The molecule has 1 aliphatic rings. The van der Waals surface area contributed by atoms with Gasteiger partial charge in [0.1, 0.15) is 5.82 Å². The summed E-state index contributed by atoms with van der Waals surface area (Å²) in [6.07, 6.45) is 0.127. The molecule has 1 aromatic heterocycles. The minimum absolute atomic E-state index is 0.0552. The first-order valence-electron chi connectivity index (χ1n) is 7.20. The zero-order chi connectivity index (χ0) is 15.7. The van der Waals surface area contributed by atoms with Gasteiger partial charge >= 0.3 is 0 Å². The standard InChI is InChI=1S/C15H19FN4O2/c1-19(2)15-17-14(22-18-15)9-20-8-12(21)7-13(20)10-4-3-5-11(16)6-10/h3-6,12-13,21H,7-9H2,1-2H3/t12-,13-/m1/s1. The van der Waals surface area contributed by atoms with E-state index in [1.54, 1.807) is 11.0 Å². The summed E-state index contributed by atoms with van der Waals surface area (Å²) >= 11 is 0. The normalized spacial score (nSPS) is 22.2. The number of β-amino-alcohol motifs (C(OH)–C–C–N with tert-alkyl or cyclic N) is 1. The summed E-state index contributed by atoms with van der Waals surface area (Å²) in [5.41, 5.74) is 0.851. The first-order chi connectivity index (χ1) is 10.5. The molecule has 2 atom stereocenters. The third kappa shape index (κ3) is 3.10. The minimum Gasteiger partial charge on any atom is -0.392 e. The van der Waals surface area contributed by atoms with Crippen molar-refractivity contribution in [2.75, 3.05) is 25.5 Å². The van der Waals surface area contributed by atoms with Crippen molar-refractivity contribution in [1.82, 2.24) is 15.0 Å². The van der Waals surface area contributed by atoms with E-state index >= 15 is 0 Å². The minimum atomic E-state index is -0.440. The molecule has 1 aliphatic heterocycles. The number of nitrogens with zero attached hydrogens (tertiary/aromatic N) is 4. The molecule has 2 heterocycles. The number of aliphatic hydroxyl groups excluding tert-OH is 1. The average molecular weight is 306 g/mol. The molecule has 118 valence electrons. The van der Waals surface area contributed by atoms with Crippen molar-refractivity contribution in [3.63, 3.8) is 0 Å². The predicted molar refractivity (Wildman–Crippen MR) is 78.8 cm³/mol. The van der Waals surface area contributed by atoms with E-state index in [0.29, 0.717) is 31.3 Å². The third-order valence-corrected chi connectivity index (χ3v) is 3.81. The fourth-order valence-corrected chi connectivity index (χ4v) is 2.78. The van der Waals surface area contributed by atoms with Crippen LogP contribution in [-0.4, -0.2) is 46.9 Å². The Labute approximate surface area is 128 Å². The van der Waals surface area contributed by atoms with E-state index in [9.17, 15) is 9.50 Å². The summed E-state index contributed by atoms with van der Waals surface area (Å²) < 4.78 is 18.7. The Bertz CT molecular complexity index is 646. The van der Waals surface area contributed by atoms with Gasteiger partial charge in [-0.15, -0.1) is 0 Å². The predicted octanol–water partition coefficient (Wildman–Crippen LogP) is 1.58. The van der Waals surface area contributed by atoms with Crippen LogP contribution in [0.25, 0.3) is 0 Å². The van der Waals surface area contributed by atoms with Gasteiger partial charge in [-0.2, -0.15) is 4.98 Å². The molecule has 1 fully saturated rings. The largest absolute Gasteiger partial charge is 0.392 e. The molecule has 0 bridgehead atoms. The highest BCUT2D eigenvalue weighted by Gasteiger charge is 2.33. The monoisotopic (exact) mass is 306 g/mol. The fourth-order valence-electron chi connectivity index (χ4n) is 2.78. The second kappa shape index (κ2) is 6.02. The molecule has 1 N–H and O–H groups in total. The van der Waals surface area contributed by atoms with E-state index in [1.807, 2.05) is 25.1 Å². The van der Waals surface area contributed by atoms with Crippen LogP contribution in [0.1, 0.15) is 23.9 Å². The lowest BCUT2D eigenvalue weighted by atomic mass is 10.0. The van der Waals surface area contributed by atoms with Crippen LogP contribution in [0.3, 0.4) is 0 Å². The molecule has 0 radical (unpaired) electrons. The topological polar surface area (TPSA) is 65.6 Å². The molecule has 0 unspecified atom stereocenters. The van der Waals surface area contributed by atoms with Gasteiger partial charge in [0.15, 0.2) is 0 Å². The first-order valence-corrected chi connectivity index (χ1v) is 7.20. The van der Waals surface area contributed by atoms with Gasteiger partial charge in [-0.25, -0.2) is 4.39 Å². The number of likely N-dealkylation sites (tertiary alicyclic amines) is 1. The quantitative estimate of drug-likeness (QED) is 0.925. The molecule has 1 aromatic carbocycles.